The number of ether oxygens (including phenoxy) is 1. The average Bonchev–Trinajstić information content (AvgIpc) is 2.91. The minimum absolute atomic E-state index is 0.315. The lowest BCUT2D eigenvalue weighted by Gasteiger charge is -2.13. The second-order valence-corrected chi connectivity index (χ2v) is 6.02. The summed E-state index contributed by atoms with van der Waals surface area (Å²) in [4.78, 5) is 2.66. The molecule has 1 unspecified atom stereocenters. The SMILES string of the molecule is COc1cc(CNC(C)c2ccc(C)s2)ccc1C#N. The minimum atomic E-state index is 0.315. The summed E-state index contributed by atoms with van der Waals surface area (Å²) in [6, 6.07) is 12.4. The summed E-state index contributed by atoms with van der Waals surface area (Å²) in [5.74, 6) is 0.631. The first-order valence-electron chi connectivity index (χ1n) is 6.50. The summed E-state index contributed by atoms with van der Waals surface area (Å²) in [5, 5.41) is 12.5. The zero-order valence-corrected chi connectivity index (χ0v) is 12.8. The van der Waals surface area contributed by atoms with Gasteiger partial charge in [-0.2, -0.15) is 5.26 Å². The summed E-state index contributed by atoms with van der Waals surface area (Å²) >= 11 is 1.81. The van der Waals surface area contributed by atoms with Gasteiger partial charge >= 0.3 is 0 Å². The Morgan fingerprint density at radius 1 is 1.35 bits per heavy atom. The van der Waals surface area contributed by atoms with Gasteiger partial charge < -0.3 is 10.1 Å². The molecule has 2 rings (SSSR count). The van der Waals surface area contributed by atoms with Crippen molar-refractivity contribution < 1.29 is 4.74 Å². The van der Waals surface area contributed by atoms with Crippen LogP contribution in [0.25, 0.3) is 0 Å². The summed E-state index contributed by atoms with van der Waals surface area (Å²) in [6.45, 7) is 5.03. The zero-order chi connectivity index (χ0) is 14.5. The van der Waals surface area contributed by atoms with Crippen LogP contribution >= 0.6 is 11.3 Å². The molecular weight excluding hydrogens is 268 g/mol. The van der Waals surface area contributed by atoms with Gasteiger partial charge in [-0.05, 0) is 43.7 Å². The van der Waals surface area contributed by atoms with Crippen LogP contribution in [0, 0.1) is 18.3 Å². The van der Waals surface area contributed by atoms with Crippen LogP contribution < -0.4 is 10.1 Å². The van der Waals surface area contributed by atoms with Gasteiger partial charge in [0, 0.05) is 22.3 Å². The Morgan fingerprint density at radius 2 is 2.15 bits per heavy atom. The Labute approximate surface area is 123 Å². The van der Waals surface area contributed by atoms with Crippen molar-refractivity contribution in [2.75, 3.05) is 7.11 Å². The second-order valence-electron chi connectivity index (χ2n) is 4.70. The Bertz CT molecular complexity index is 628. The van der Waals surface area contributed by atoms with Crippen molar-refractivity contribution in [3.8, 4) is 11.8 Å². The van der Waals surface area contributed by atoms with Crippen LogP contribution in [0.5, 0.6) is 5.75 Å². The van der Waals surface area contributed by atoms with Gasteiger partial charge in [-0.3, -0.25) is 0 Å². The largest absolute Gasteiger partial charge is 0.495 e. The molecule has 0 fully saturated rings. The molecule has 0 aliphatic heterocycles. The number of nitrogens with zero attached hydrogens (tertiary/aromatic N) is 1. The van der Waals surface area contributed by atoms with Gasteiger partial charge in [0.15, 0.2) is 0 Å². The van der Waals surface area contributed by atoms with Crippen molar-refractivity contribution in [3.63, 3.8) is 0 Å². The molecule has 1 aromatic heterocycles. The number of methoxy groups -OCH3 is 1. The molecule has 20 heavy (non-hydrogen) atoms. The van der Waals surface area contributed by atoms with Gasteiger partial charge in [-0.25, -0.2) is 0 Å². The third kappa shape index (κ3) is 3.38. The third-order valence-corrected chi connectivity index (χ3v) is 4.37. The molecule has 1 N–H and O–H groups in total. The molecule has 0 aliphatic carbocycles. The fraction of sp³-hybridized carbons (Fsp3) is 0.312. The third-order valence-electron chi connectivity index (χ3n) is 3.19. The van der Waals surface area contributed by atoms with Crippen LogP contribution in [0.15, 0.2) is 30.3 Å². The molecule has 2 aromatic rings. The predicted octanol–water partition coefficient (Wildman–Crippen LogP) is 3.79. The maximum absolute atomic E-state index is 8.97. The Morgan fingerprint density at radius 3 is 2.75 bits per heavy atom. The van der Waals surface area contributed by atoms with E-state index in [0.717, 1.165) is 12.1 Å². The zero-order valence-electron chi connectivity index (χ0n) is 11.9. The molecule has 1 heterocycles. The molecule has 1 aromatic carbocycles. The first-order chi connectivity index (χ1) is 9.63. The van der Waals surface area contributed by atoms with Crippen LogP contribution in [0.1, 0.15) is 33.8 Å². The van der Waals surface area contributed by atoms with E-state index in [1.54, 1.807) is 13.2 Å². The van der Waals surface area contributed by atoms with Gasteiger partial charge in [0.2, 0.25) is 0 Å². The topological polar surface area (TPSA) is 45.0 Å². The summed E-state index contributed by atoms with van der Waals surface area (Å²) < 4.78 is 5.22. The van der Waals surface area contributed by atoms with E-state index < -0.39 is 0 Å². The lowest BCUT2D eigenvalue weighted by molar-refractivity contribution is 0.412. The van der Waals surface area contributed by atoms with Crippen LogP contribution in [0.3, 0.4) is 0 Å². The summed E-state index contributed by atoms with van der Waals surface area (Å²) in [7, 11) is 1.59. The Kier molecular flexibility index (Phi) is 4.78. The van der Waals surface area contributed by atoms with E-state index in [-0.39, 0.29) is 0 Å². The van der Waals surface area contributed by atoms with Gasteiger partial charge in [0.1, 0.15) is 11.8 Å². The number of thiophene rings is 1. The minimum Gasteiger partial charge on any atom is -0.495 e. The monoisotopic (exact) mass is 286 g/mol. The maximum atomic E-state index is 8.97. The lowest BCUT2D eigenvalue weighted by atomic mass is 10.1. The highest BCUT2D eigenvalue weighted by molar-refractivity contribution is 7.12. The molecule has 4 heteroatoms. The van der Waals surface area contributed by atoms with Gasteiger partial charge in [-0.1, -0.05) is 6.07 Å². The van der Waals surface area contributed by atoms with Crippen LogP contribution in [0.4, 0.5) is 0 Å². The Hall–Kier alpha value is -1.83. The van der Waals surface area contributed by atoms with Crippen molar-refractivity contribution in [2.45, 2.75) is 26.4 Å². The standard InChI is InChI=1S/C16H18N2OS/c1-11-4-7-16(20-11)12(2)18-10-13-5-6-14(9-17)15(8-13)19-3/h4-8,12,18H,10H2,1-3H3. The van der Waals surface area contributed by atoms with E-state index in [1.165, 1.54) is 9.75 Å². The van der Waals surface area contributed by atoms with Crippen molar-refractivity contribution >= 4 is 11.3 Å². The normalized spacial score (nSPS) is 11.9. The van der Waals surface area contributed by atoms with Crippen molar-refractivity contribution in [1.82, 2.24) is 5.32 Å². The van der Waals surface area contributed by atoms with Gasteiger partial charge in [-0.15, -0.1) is 11.3 Å². The number of aryl methyl sites for hydroxylation is 1. The van der Waals surface area contributed by atoms with E-state index in [4.69, 9.17) is 10.00 Å². The molecule has 0 amide bonds. The van der Waals surface area contributed by atoms with E-state index in [1.807, 2.05) is 23.5 Å². The average molecular weight is 286 g/mol. The molecule has 0 saturated carbocycles. The van der Waals surface area contributed by atoms with Crippen molar-refractivity contribution in [1.29, 1.82) is 5.26 Å². The molecule has 0 saturated heterocycles. The van der Waals surface area contributed by atoms with Crippen LogP contribution in [-0.2, 0) is 6.54 Å². The van der Waals surface area contributed by atoms with Crippen LogP contribution in [0.2, 0.25) is 0 Å². The number of nitriles is 1. The lowest BCUT2D eigenvalue weighted by Crippen LogP contribution is -2.17. The first kappa shape index (κ1) is 14.6. The molecule has 3 nitrogen and oxygen atoms in total. The highest BCUT2D eigenvalue weighted by atomic mass is 32.1. The first-order valence-corrected chi connectivity index (χ1v) is 7.32. The molecule has 0 spiro atoms. The highest BCUT2D eigenvalue weighted by Crippen LogP contribution is 2.23. The Balaban J connectivity index is 2.02. The quantitative estimate of drug-likeness (QED) is 0.909. The number of hydrogen-bond acceptors (Lipinski definition) is 4. The second kappa shape index (κ2) is 6.56. The number of hydrogen-bond donors (Lipinski definition) is 1. The summed E-state index contributed by atoms with van der Waals surface area (Å²) in [6.07, 6.45) is 0. The fourth-order valence-electron chi connectivity index (χ4n) is 2.00. The fourth-order valence-corrected chi connectivity index (χ4v) is 2.90. The van der Waals surface area contributed by atoms with E-state index in [0.29, 0.717) is 17.4 Å². The molecule has 0 bridgehead atoms. The molecular formula is C16H18N2OS. The van der Waals surface area contributed by atoms with Gasteiger partial charge in [0.05, 0.1) is 12.7 Å². The number of nitrogens with one attached hydrogen (secondary N) is 1. The van der Waals surface area contributed by atoms with Gasteiger partial charge in [0.25, 0.3) is 0 Å². The van der Waals surface area contributed by atoms with Crippen molar-refractivity contribution in [2.24, 2.45) is 0 Å². The van der Waals surface area contributed by atoms with Crippen LogP contribution in [-0.4, -0.2) is 7.11 Å². The molecule has 1 atom stereocenters. The molecule has 104 valence electrons. The molecule has 0 aliphatic rings. The smallest absolute Gasteiger partial charge is 0.136 e. The van der Waals surface area contributed by atoms with E-state index in [2.05, 4.69) is 37.4 Å². The maximum Gasteiger partial charge on any atom is 0.136 e. The molecule has 0 radical (unpaired) electrons. The number of benzene rings is 1. The highest BCUT2D eigenvalue weighted by Gasteiger charge is 2.08. The number of rotatable bonds is 5. The van der Waals surface area contributed by atoms with E-state index >= 15 is 0 Å². The van der Waals surface area contributed by atoms with Crippen molar-refractivity contribution in [3.05, 3.63) is 51.2 Å². The summed E-state index contributed by atoms with van der Waals surface area (Å²) in [5.41, 5.74) is 1.68. The predicted molar refractivity (Wildman–Crippen MR) is 82.0 cm³/mol. The van der Waals surface area contributed by atoms with E-state index in [9.17, 15) is 0 Å².